The highest BCUT2D eigenvalue weighted by atomic mass is 35.5. The summed E-state index contributed by atoms with van der Waals surface area (Å²) in [5, 5.41) is 11.4. The van der Waals surface area contributed by atoms with E-state index in [2.05, 4.69) is 23.4 Å². The minimum absolute atomic E-state index is 0.134. The van der Waals surface area contributed by atoms with Gasteiger partial charge in [0.15, 0.2) is 0 Å². The second-order valence-corrected chi connectivity index (χ2v) is 10.4. The summed E-state index contributed by atoms with van der Waals surface area (Å²) in [6.07, 6.45) is 0.660. The third kappa shape index (κ3) is 4.93. The fourth-order valence-corrected chi connectivity index (χ4v) is 5.53. The number of thiazole rings is 1. The number of aryl methyl sites for hydroxylation is 1. The van der Waals surface area contributed by atoms with Gasteiger partial charge in [0.25, 0.3) is 5.56 Å². The molecule has 35 heavy (non-hydrogen) atoms. The maximum absolute atomic E-state index is 13.8. The minimum atomic E-state index is -0.134. The third-order valence-corrected chi connectivity index (χ3v) is 7.78. The number of anilines is 1. The number of aromatic nitrogens is 3. The Morgan fingerprint density at radius 2 is 1.86 bits per heavy atom. The van der Waals surface area contributed by atoms with Crippen LogP contribution in [0.2, 0.25) is 5.02 Å². The molecule has 5 rings (SSSR count). The van der Waals surface area contributed by atoms with Crippen molar-refractivity contribution in [1.29, 1.82) is 0 Å². The average molecular weight is 519 g/mol. The summed E-state index contributed by atoms with van der Waals surface area (Å²) in [7, 11) is 0. The molecular weight excluding hydrogens is 496 g/mol. The number of aromatic amines is 1. The molecule has 5 aromatic rings. The van der Waals surface area contributed by atoms with Crippen molar-refractivity contribution in [3.8, 4) is 5.13 Å². The monoisotopic (exact) mass is 518 g/mol. The van der Waals surface area contributed by atoms with Crippen LogP contribution in [0.4, 0.5) is 5.69 Å². The quantitative estimate of drug-likeness (QED) is 0.275. The van der Waals surface area contributed by atoms with Gasteiger partial charge in [0.1, 0.15) is 0 Å². The number of benzene rings is 3. The van der Waals surface area contributed by atoms with Crippen LogP contribution in [0.5, 0.6) is 0 Å². The molecule has 0 amide bonds. The largest absolute Gasteiger partial charge is 0.358 e. The van der Waals surface area contributed by atoms with Gasteiger partial charge in [-0.15, -0.1) is 0 Å². The van der Waals surface area contributed by atoms with E-state index in [4.69, 9.17) is 16.6 Å². The van der Waals surface area contributed by atoms with E-state index < -0.39 is 0 Å². The van der Waals surface area contributed by atoms with E-state index in [1.54, 1.807) is 4.68 Å². The fraction of sp³-hybridized carbons (Fsp3) is 0.111. The van der Waals surface area contributed by atoms with Crippen LogP contribution in [-0.4, -0.2) is 14.8 Å². The van der Waals surface area contributed by atoms with Gasteiger partial charge in [-0.05, 0) is 61.4 Å². The first-order valence-electron chi connectivity index (χ1n) is 11.2. The van der Waals surface area contributed by atoms with E-state index in [1.807, 2.05) is 79.1 Å². The summed E-state index contributed by atoms with van der Waals surface area (Å²) in [4.78, 5) is 19.5. The summed E-state index contributed by atoms with van der Waals surface area (Å²) in [6.45, 7) is 4.10. The van der Waals surface area contributed by atoms with E-state index in [0.29, 0.717) is 21.8 Å². The summed E-state index contributed by atoms with van der Waals surface area (Å²) >= 11 is 9.06. The molecule has 176 valence electrons. The van der Waals surface area contributed by atoms with Crippen molar-refractivity contribution in [3.05, 3.63) is 104 Å². The molecule has 0 radical (unpaired) electrons. The molecule has 0 saturated heterocycles. The van der Waals surface area contributed by atoms with E-state index in [1.165, 1.54) is 23.1 Å². The van der Waals surface area contributed by atoms with Gasteiger partial charge in [-0.2, -0.15) is 4.68 Å². The predicted octanol–water partition coefficient (Wildman–Crippen LogP) is 5.90. The molecule has 0 bridgehead atoms. The van der Waals surface area contributed by atoms with Gasteiger partial charge in [-0.1, -0.05) is 72.0 Å². The molecule has 0 fully saturated rings. The third-order valence-electron chi connectivity index (χ3n) is 5.60. The number of para-hydroxylation sites is 2. The van der Waals surface area contributed by atoms with Crippen LogP contribution in [0.25, 0.3) is 26.5 Å². The number of fused-ring (bicyclic) bond motifs is 1. The van der Waals surface area contributed by atoms with E-state index in [0.717, 1.165) is 37.4 Å². The summed E-state index contributed by atoms with van der Waals surface area (Å²) in [5.41, 5.74) is 3.68. The number of halogens is 1. The highest BCUT2D eigenvalue weighted by molar-refractivity contribution is 8.06. The first-order chi connectivity index (χ1) is 17.0. The van der Waals surface area contributed by atoms with E-state index in [9.17, 15) is 4.79 Å². The van der Waals surface area contributed by atoms with Crippen molar-refractivity contribution in [3.63, 3.8) is 0 Å². The molecule has 2 aromatic heterocycles. The molecule has 2 heterocycles. The number of rotatable bonds is 6. The lowest BCUT2D eigenvalue weighted by Crippen LogP contribution is -2.38. The van der Waals surface area contributed by atoms with Crippen molar-refractivity contribution in [2.45, 2.75) is 25.2 Å². The number of thioether (sulfide) groups is 1. The maximum atomic E-state index is 13.8. The predicted molar refractivity (Wildman–Crippen MR) is 149 cm³/mol. The molecule has 0 saturated carbocycles. The molecule has 2 N–H and O–H groups in total. The van der Waals surface area contributed by atoms with E-state index in [-0.39, 0.29) is 5.56 Å². The maximum Gasteiger partial charge on any atom is 0.282 e. The van der Waals surface area contributed by atoms with E-state index >= 15 is 0 Å². The zero-order valence-electron chi connectivity index (χ0n) is 19.2. The van der Waals surface area contributed by atoms with Crippen molar-refractivity contribution in [2.24, 2.45) is 0 Å². The summed E-state index contributed by atoms with van der Waals surface area (Å²) in [5.74, 6) is 0. The normalized spacial score (nSPS) is 12.8. The fourth-order valence-electron chi connectivity index (χ4n) is 3.76. The summed E-state index contributed by atoms with van der Waals surface area (Å²) in [6, 6.07) is 23.6. The van der Waals surface area contributed by atoms with Gasteiger partial charge in [-0.25, -0.2) is 4.98 Å². The van der Waals surface area contributed by atoms with Crippen molar-refractivity contribution < 1.29 is 0 Å². The van der Waals surface area contributed by atoms with Gasteiger partial charge in [0, 0.05) is 26.7 Å². The van der Waals surface area contributed by atoms with Crippen molar-refractivity contribution in [2.75, 3.05) is 5.32 Å². The average Bonchev–Trinajstić information content (AvgIpc) is 3.44. The van der Waals surface area contributed by atoms with Crippen LogP contribution < -0.4 is 21.4 Å². The van der Waals surface area contributed by atoms with Crippen molar-refractivity contribution >= 4 is 61.7 Å². The molecule has 3 aromatic carbocycles. The zero-order chi connectivity index (χ0) is 24.4. The Labute approximate surface area is 215 Å². The highest BCUT2D eigenvalue weighted by Gasteiger charge is 2.14. The summed E-state index contributed by atoms with van der Waals surface area (Å²) < 4.78 is 2.58. The molecule has 0 atom stereocenters. The van der Waals surface area contributed by atoms with Crippen LogP contribution in [0.1, 0.15) is 18.9 Å². The lowest BCUT2D eigenvalue weighted by atomic mass is 10.2. The van der Waals surface area contributed by atoms with Crippen LogP contribution in [0.15, 0.2) is 82.5 Å². The molecular formula is C27H23ClN4OS2. The van der Waals surface area contributed by atoms with Crippen molar-refractivity contribution in [1.82, 2.24) is 14.8 Å². The van der Waals surface area contributed by atoms with Crippen LogP contribution in [0, 0.1) is 6.92 Å². The Bertz CT molecular complexity index is 1650. The van der Waals surface area contributed by atoms with Crippen LogP contribution >= 0.6 is 34.7 Å². The molecule has 0 unspecified atom stereocenters. The Morgan fingerprint density at radius 3 is 2.60 bits per heavy atom. The number of nitrogens with one attached hydrogen (secondary N) is 2. The topological polar surface area (TPSA) is 62.7 Å². The smallest absolute Gasteiger partial charge is 0.282 e. The highest BCUT2D eigenvalue weighted by Crippen LogP contribution is 2.23. The number of nitrogens with zero attached hydrogens (tertiary/aromatic N) is 2. The minimum Gasteiger partial charge on any atom is -0.358 e. The van der Waals surface area contributed by atoms with Gasteiger partial charge in [0.2, 0.25) is 5.13 Å². The number of hydrogen-bond acceptors (Lipinski definition) is 5. The lowest BCUT2D eigenvalue weighted by molar-refractivity contribution is 0.832. The second-order valence-electron chi connectivity index (χ2n) is 7.97. The Morgan fingerprint density at radius 1 is 1.11 bits per heavy atom. The number of H-pyrrole nitrogens is 1. The Kier molecular flexibility index (Phi) is 6.81. The van der Waals surface area contributed by atoms with Gasteiger partial charge in [-0.3, -0.25) is 9.89 Å². The zero-order valence-corrected chi connectivity index (χ0v) is 21.6. The molecule has 5 nitrogen and oxygen atoms in total. The first kappa shape index (κ1) is 23.5. The SMILES string of the molecule is CCC(Nc1ccccc1C)=c1c(=CSc2ccc(Cl)cc2)[nH]n(-c2nc3ccccc3s2)c1=O. The molecule has 0 aliphatic heterocycles. The number of hydrogen-bond donors (Lipinski definition) is 2. The Balaban J connectivity index is 1.70. The second kappa shape index (κ2) is 10.2. The van der Waals surface area contributed by atoms with Crippen LogP contribution in [0.3, 0.4) is 0 Å². The van der Waals surface area contributed by atoms with Gasteiger partial charge < -0.3 is 5.32 Å². The van der Waals surface area contributed by atoms with Gasteiger partial charge >= 0.3 is 0 Å². The first-order valence-corrected chi connectivity index (χ1v) is 13.3. The molecule has 8 heteroatoms. The standard InChI is InChI=1S/C27H23ClN4OS2/c1-3-20(29-21-9-5-4-8-17(21)2)25-23(16-34-19-14-12-18(28)13-15-19)31-32(26(25)33)27-30-22-10-6-7-11-24(22)35-27/h4-16,29,31H,3H2,1-2H3. The van der Waals surface area contributed by atoms with Gasteiger partial charge in [0.05, 0.1) is 20.8 Å². The molecule has 0 spiro atoms. The molecule has 0 aliphatic rings. The lowest BCUT2D eigenvalue weighted by Gasteiger charge is -2.11. The van der Waals surface area contributed by atoms with Crippen LogP contribution in [-0.2, 0) is 0 Å². The Hall–Kier alpha value is -3.26. The molecule has 0 aliphatic carbocycles.